The first kappa shape index (κ1) is 8.21. The molecule has 0 saturated carbocycles. The van der Waals surface area contributed by atoms with Crippen LogP contribution in [0, 0.1) is 5.92 Å². The average Bonchev–Trinajstić information content (AvgIpc) is 1.82. The lowest BCUT2D eigenvalue weighted by molar-refractivity contribution is -0.140. The molecule has 0 aromatic heterocycles. The lowest BCUT2D eigenvalue weighted by Crippen LogP contribution is -2.09. The van der Waals surface area contributed by atoms with Crippen LogP contribution in [0.1, 0.15) is 19.8 Å². The molecular formula is C7H12O2. The van der Waals surface area contributed by atoms with Gasteiger partial charge in [-0.05, 0) is 6.42 Å². The molecule has 1 atom stereocenters. The summed E-state index contributed by atoms with van der Waals surface area (Å²) in [7, 11) is 0. The number of carbonyl (C=O) groups is 1. The fourth-order valence-electron chi connectivity index (χ4n) is 0.653. The molecule has 0 rings (SSSR count). The predicted molar refractivity (Wildman–Crippen MR) is 36.2 cm³/mol. The SMILES string of the molecule is C=CC(CCC)C(=O)O. The summed E-state index contributed by atoms with van der Waals surface area (Å²) < 4.78 is 0. The van der Waals surface area contributed by atoms with Crippen LogP contribution in [0.2, 0.25) is 0 Å². The minimum absolute atomic E-state index is 0.352. The van der Waals surface area contributed by atoms with Crippen LogP contribution >= 0.6 is 0 Å². The van der Waals surface area contributed by atoms with E-state index in [0.29, 0.717) is 6.42 Å². The number of carboxylic acids is 1. The third-order valence-electron chi connectivity index (χ3n) is 1.20. The summed E-state index contributed by atoms with van der Waals surface area (Å²) in [6.07, 6.45) is 3.06. The van der Waals surface area contributed by atoms with Crippen LogP contribution in [0.3, 0.4) is 0 Å². The Labute approximate surface area is 55.2 Å². The molecule has 0 aliphatic heterocycles. The Morgan fingerprint density at radius 1 is 1.89 bits per heavy atom. The van der Waals surface area contributed by atoms with E-state index >= 15 is 0 Å². The normalized spacial score (nSPS) is 12.6. The number of hydrogen-bond acceptors (Lipinski definition) is 1. The molecule has 1 N–H and O–H groups in total. The molecular weight excluding hydrogens is 116 g/mol. The Bertz CT molecular complexity index is 107. The zero-order chi connectivity index (χ0) is 7.28. The zero-order valence-electron chi connectivity index (χ0n) is 5.63. The Morgan fingerprint density at radius 2 is 2.44 bits per heavy atom. The van der Waals surface area contributed by atoms with Gasteiger partial charge in [-0.15, -0.1) is 6.58 Å². The summed E-state index contributed by atoms with van der Waals surface area (Å²) in [6, 6.07) is 0. The highest BCUT2D eigenvalue weighted by Gasteiger charge is 2.09. The van der Waals surface area contributed by atoms with Gasteiger partial charge < -0.3 is 5.11 Å². The van der Waals surface area contributed by atoms with Gasteiger partial charge in [-0.3, -0.25) is 4.79 Å². The molecule has 0 aromatic carbocycles. The standard InChI is InChI=1S/C7H12O2/c1-3-5-6(4-2)7(8)9/h4,6H,2-3,5H2,1H3,(H,8,9). The Hall–Kier alpha value is -0.790. The third kappa shape index (κ3) is 2.90. The van der Waals surface area contributed by atoms with Crippen LogP contribution < -0.4 is 0 Å². The molecule has 2 nitrogen and oxygen atoms in total. The molecule has 0 saturated heterocycles. The Kier molecular flexibility index (Phi) is 3.76. The maximum Gasteiger partial charge on any atom is 0.310 e. The Morgan fingerprint density at radius 3 is 2.56 bits per heavy atom. The first-order chi connectivity index (χ1) is 4.22. The highest BCUT2D eigenvalue weighted by atomic mass is 16.4. The first-order valence-corrected chi connectivity index (χ1v) is 3.07. The minimum Gasteiger partial charge on any atom is -0.481 e. The van der Waals surface area contributed by atoms with Gasteiger partial charge in [0.25, 0.3) is 0 Å². The van der Waals surface area contributed by atoms with Crippen molar-refractivity contribution in [1.29, 1.82) is 0 Å². The van der Waals surface area contributed by atoms with E-state index in [2.05, 4.69) is 6.58 Å². The number of carboxylic acid groups (broad SMARTS) is 1. The molecule has 0 radical (unpaired) electrons. The van der Waals surface area contributed by atoms with Crippen LogP contribution in [0.5, 0.6) is 0 Å². The predicted octanol–water partition coefficient (Wildman–Crippen LogP) is 1.67. The van der Waals surface area contributed by atoms with E-state index in [0.717, 1.165) is 6.42 Å². The highest BCUT2D eigenvalue weighted by Crippen LogP contribution is 2.06. The molecule has 52 valence electrons. The second-order valence-corrected chi connectivity index (χ2v) is 1.97. The molecule has 0 spiro atoms. The summed E-state index contributed by atoms with van der Waals surface area (Å²) in [4.78, 5) is 10.2. The molecule has 0 amide bonds. The second kappa shape index (κ2) is 4.13. The molecule has 2 heteroatoms. The summed E-state index contributed by atoms with van der Waals surface area (Å²) in [5.41, 5.74) is 0. The van der Waals surface area contributed by atoms with Gasteiger partial charge >= 0.3 is 5.97 Å². The van der Waals surface area contributed by atoms with Crippen molar-refractivity contribution in [3.8, 4) is 0 Å². The van der Waals surface area contributed by atoms with Crippen molar-refractivity contribution < 1.29 is 9.90 Å². The first-order valence-electron chi connectivity index (χ1n) is 3.07. The van der Waals surface area contributed by atoms with Gasteiger partial charge in [0.2, 0.25) is 0 Å². The summed E-state index contributed by atoms with van der Waals surface area (Å²) >= 11 is 0. The van der Waals surface area contributed by atoms with Crippen molar-refractivity contribution in [1.82, 2.24) is 0 Å². The van der Waals surface area contributed by atoms with E-state index in [4.69, 9.17) is 5.11 Å². The largest absolute Gasteiger partial charge is 0.481 e. The van der Waals surface area contributed by atoms with Crippen molar-refractivity contribution in [2.75, 3.05) is 0 Å². The smallest absolute Gasteiger partial charge is 0.310 e. The number of hydrogen-bond donors (Lipinski definition) is 1. The molecule has 0 bridgehead atoms. The van der Waals surface area contributed by atoms with Crippen molar-refractivity contribution in [2.24, 2.45) is 5.92 Å². The quantitative estimate of drug-likeness (QED) is 0.585. The average molecular weight is 128 g/mol. The summed E-state index contributed by atoms with van der Waals surface area (Å²) in [5.74, 6) is -1.12. The fourth-order valence-corrected chi connectivity index (χ4v) is 0.653. The van der Waals surface area contributed by atoms with Gasteiger partial charge in [-0.2, -0.15) is 0 Å². The van der Waals surface area contributed by atoms with Crippen molar-refractivity contribution in [3.05, 3.63) is 12.7 Å². The van der Waals surface area contributed by atoms with Gasteiger partial charge in [-0.1, -0.05) is 19.4 Å². The van der Waals surface area contributed by atoms with Crippen LogP contribution in [0.4, 0.5) is 0 Å². The molecule has 9 heavy (non-hydrogen) atoms. The monoisotopic (exact) mass is 128 g/mol. The van der Waals surface area contributed by atoms with Crippen LogP contribution in [0.25, 0.3) is 0 Å². The lowest BCUT2D eigenvalue weighted by Gasteiger charge is -2.02. The topological polar surface area (TPSA) is 37.3 Å². The van der Waals surface area contributed by atoms with E-state index in [9.17, 15) is 4.79 Å². The van der Waals surface area contributed by atoms with Gasteiger partial charge in [0, 0.05) is 0 Å². The molecule has 0 fully saturated rings. The van der Waals surface area contributed by atoms with Gasteiger partial charge in [0.15, 0.2) is 0 Å². The minimum atomic E-state index is -0.771. The van der Waals surface area contributed by atoms with E-state index in [1.165, 1.54) is 6.08 Å². The molecule has 1 unspecified atom stereocenters. The van der Waals surface area contributed by atoms with E-state index in [-0.39, 0.29) is 5.92 Å². The van der Waals surface area contributed by atoms with Gasteiger partial charge in [0.1, 0.15) is 0 Å². The second-order valence-electron chi connectivity index (χ2n) is 1.97. The summed E-state index contributed by atoms with van der Waals surface area (Å²) in [6.45, 7) is 5.38. The maximum atomic E-state index is 10.2. The van der Waals surface area contributed by atoms with Crippen LogP contribution in [-0.4, -0.2) is 11.1 Å². The van der Waals surface area contributed by atoms with E-state index < -0.39 is 5.97 Å². The van der Waals surface area contributed by atoms with E-state index in [1.54, 1.807) is 0 Å². The molecule has 0 aliphatic rings. The van der Waals surface area contributed by atoms with Gasteiger partial charge in [-0.25, -0.2) is 0 Å². The molecule has 0 aromatic rings. The third-order valence-corrected chi connectivity index (χ3v) is 1.20. The maximum absolute atomic E-state index is 10.2. The summed E-state index contributed by atoms with van der Waals surface area (Å²) in [5, 5.41) is 8.43. The van der Waals surface area contributed by atoms with Crippen LogP contribution in [-0.2, 0) is 4.79 Å². The fraction of sp³-hybridized carbons (Fsp3) is 0.571. The van der Waals surface area contributed by atoms with E-state index in [1.807, 2.05) is 6.92 Å². The molecule has 0 aliphatic carbocycles. The lowest BCUT2D eigenvalue weighted by atomic mass is 10.1. The van der Waals surface area contributed by atoms with Crippen molar-refractivity contribution in [3.63, 3.8) is 0 Å². The Balaban J connectivity index is 3.68. The van der Waals surface area contributed by atoms with Crippen LogP contribution in [0.15, 0.2) is 12.7 Å². The molecule has 0 heterocycles. The van der Waals surface area contributed by atoms with Crippen molar-refractivity contribution >= 4 is 5.97 Å². The number of aliphatic carboxylic acids is 1. The van der Waals surface area contributed by atoms with Crippen molar-refractivity contribution in [2.45, 2.75) is 19.8 Å². The highest BCUT2D eigenvalue weighted by molar-refractivity contribution is 5.71. The van der Waals surface area contributed by atoms with Gasteiger partial charge in [0.05, 0.1) is 5.92 Å². The number of rotatable bonds is 4. The zero-order valence-corrected chi connectivity index (χ0v) is 5.63.